The molecule has 0 aliphatic carbocycles. The van der Waals surface area contributed by atoms with Gasteiger partial charge < -0.3 is 14.8 Å². The van der Waals surface area contributed by atoms with E-state index in [9.17, 15) is 14.4 Å². The third kappa shape index (κ3) is 6.58. The van der Waals surface area contributed by atoms with Crippen molar-refractivity contribution < 1.29 is 23.9 Å². The van der Waals surface area contributed by atoms with Gasteiger partial charge in [0.1, 0.15) is 5.75 Å². The van der Waals surface area contributed by atoms with Crippen LogP contribution in [0.1, 0.15) is 42.2 Å². The van der Waals surface area contributed by atoms with Gasteiger partial charge in [0.05, 0.1) is 6.04 Å². The predicted molar refractivity (Wildman–Crippen MR) is 101 cm³/mol. The summed E-state index contributed by atoms with van der Waals surface area (Å²) in [7, 11) is 0. The van der Waals surface area contributed by atoms with Gasteiger partial charge in [-0.25, -0.2) is 4.79 Å². The summed E-state index contributed by atoms with van der Waals surface area (Å²) in [5.74, 6) is -0.549. The summed E-state index contributed by atoms with van der Waals surface area (Å²) in [6, 6.07) is 15.8. The van der Waals surface area contributed by atoms with Crippen LogP contribution in [0.25, 0.3) is 0 Å². The van der Waals surface area contributed by atoms with E-state index in [-0.39, 0.29) is 30.9 Å². The van der Waals surface area contributed by atoms with E-state index < -0.39 is 5.97 Å². The Labute approximate surface area is 158 Å². The molecule has 0 heterocycles. The summed E-state index contributed by atoms with van der Waals surface area (Å²) in [4.78, 5) is 35.1. The molecule has 6 nitrogen and oxygen atoms in total. The van der Waals surface area contributed by atoms with E-state index in [1.807, 2.05) is 37.3 Å². The van der Waals surface area contributed by atoms with Crippen molar-refractivity contribution in [1.29, 1.82) is 0 Å². The van der Waals surface area contributed by atoms with Crippen molar-refractivity contribution in [3.63, 3.8) is 0 Å². The molecule has 0 saturated heterocycles. The molecule has 2 aromatic carbocycles. The monoisotopic (exact) mass is 369 g/mol. The Hall–Kier alpha value is -3.15. The molecule has 0 unspecified atom stereocenters. The molecule has 2 rings (SSSR count). The third-order valence-electron chi connectivity index (χ3n) is 3.90. The molecule has 0 radical (unpaired) electrons. The Balaban J connectivity index is 1.71. The second kappa shape index (κ2) is 10.1. The van der Waals surface area contributed by atoms with Gasteiger partial charge in [-0.05, 0) is 36.8 Å². The summed E-state index contributed by atoms with van der Waals surface area (Å²) in [6.45, 7) is 2.95. The number of Topliss-reactive ketones (excluding diaryl/α,β-unsaturated/α-hetero) is 1. The van der Waals surface area contributed by atoms with Gasteiger partial charge in [0.2, 0.25) is 0 Å². The van der Waals surface area contributed by atoms with Crippen LogP contribution < -0.4 is 10.1 Å². The second-order valence-electron chi connectivity index (χ2n) is 5.95. The average molecular weight is 369 g/mol. The zero-order valence-electron chi connectivity index (χ0n) is 15.4. The number of ketones is 1. The SMILES string of the molecule is CCC(=O)c1ccc(OCC(=O)OCC(=O)N[C@@H](C)c2ccccc2)cc1. The molecule has 6 heteroatoms. The van der Waals surface area contributed by atoms with E-state index in [1.54, 1.807) is 31.2 Å². The molecule has 0 fully saturated rings. The molecule has 0 aliphatic rings. The van der Waals surface area contributed by atoms with Gasteiger partial charge in [-0.1, -0.05) is 37.3 Å². The Morgan fingerprint density at radius 1 is 0.963 bits per heavy atom. The van der Waals surface area contributed by atoms with Gasteiger partial charge in [0.25, 0.3) is 5.91 Å². The fourth-order valence-corrected chi connectivity index (χ4v) is 2.38. The van der Waals surface area contributed by atoms with Crippen LogP contribution >= 0.6 is 0 Å². The van der Waals surface area contributed by atoms with Crippen LogP contribution in [0.3, 0.4) is 0 Å². The number of hydrogen-bond acceptors (Lipinski definition) is 5. The number of hydrogen-bond donors (Lipinski definition) is 1. The number of rotatable bonds is 9. The number of amides is 1. The zero-order valence-corrected chi connectivity index (χ0v) is 15.4. The van der Waals surface area contributed by atoms with Crippen LogP contribution in [0, 0.1) is 0 Å². The number of esters is 1. The van der Waals surface area contributed by atoms with E-state index in [2.05, 4.69) is 5.32 Å². The maximum absolute atomic E-state index is 11.9. The van der Waals surface area contributed by atoms with E-state index >= 15 is 0 Å². The smallest absolute Gasteiger partial charge is 0.344 e. The number of nitrogens with one attached hydrogen (secondary N) is 1. The van der Waals surface area contributed by atoms with E-state index in [0.29, 0.717) is 17.7 Å². The molecule has 0 aromatic heterocycles. The highest BCUT2D eigenvalue weighted by atomic mass is 16.6. The highest BCUT2D eigenvalue weighted by Gasteiger charge is 2.12. The molecule has 1 atom stereocenters. The Morgan fingerprint density at radius 2 is 1.63 bits per heavy atom. The first-order valence-corrected chi connectivity index (χ1v) is 8.75. The summed E-state index contributed by atoms with van der Waals surface area (Å²) < 4.78 is 10.2. The van der Waals surface area contributed by atoms with E-state index in [0.717, 1.165) is 5.56 Å². The third-order valence-corrected chi connectivity index (χ3v) is 3.90. The van der Waals surface area contributed by atoms with Crippen molar-refractivity contribution in [2.45, 2.75) is 26.3 Å². The summed E-state index contributed by atoms with van der Waals surface area (Å²) in [6.07, 6.45) is 0.428. The molecule has 142 valence electrons. The highest BCUT2D eigenvalue weighted by Crippen LogP contribution is 2.13. The minimum absolute atomic E-state index is 0.0386. The van der Waals surface area contributed by atoms with Gasteiger partial charge in [-0.3, -0.25) is 9.59 Å². The quantitative estimate of drug-likeness (QED) is 0.543. The lowest BCUT2D eigenvalue weighted by molar-refractivity contribution is -0.150. The summed E-state index contributed by atoms with van der Waals surface area (Å²) in [5, 5.41) is 2.76. The van der Waals surface area contributed by atoms with Crippen molar-refractivity contribution in [2.24, 2.45) is 0 Å². The molecule has 0 saturated carbocycles. The van der Waals surface area contributed by atoms with Gasteiger partial charge in [-0.15, -0.1) is 0 Å². The van der Waals surface area contributed by atoms with E-state index in [4.69, 9.17) is 9.47 Å². The fourth-order valence-electron chi connectivity index (χ4n) is 2.38. The molecular weight excluding hydrogens is 346 g/mol. The number of benzene rings is 2. The van der Waals surface area contributed by atoms with Gasteiger partial charge in [0, 0.05) is 12.0 Å². The molecule has 1 N–H and O–H groups in total. The molecule has 1 amide bonds. The fraction of sp³-hybridized carbons (Fsp3) is 0.286. The summed E-state index contributed by atoms with van der Waals surface area (Å²) in [5.41, 5.74) is 1.56. The van der Waals surface area contributed by atoms with Gasteiger partial charge >= 0.3 is 5.97 Å². The normalized spacial score (nSPS) is 11.3. The molecule has 27 heavy (non-hydrogen) atoms. The maximum Gasteiger partial charge on any atom is 0.344 e. The van der Waals surface area contributed by atoms with Crippen LogP contribution in [0.4, 0.5) is 0 Å². The molecule has 0 aliphatic heterocycles. The number of carbonyl (C=O) groups excluding carboxylic acids is 3. The summed E-state index contributed by atoms with van der Waals surface area (Å²) >= 11 is 0. The van der Waals surface area contributed by atoms with Crippen LogP contribution in [0.2, 0.25) is 0 Å². The predicted octanol–water partition coefficient (Wildman–Crippen LogP) is 3.08. The lowest BCUT2D eigenvalue weighted by Gasteiger charge is -2.14. The average Bonchev–Trinajstić information content (AvgIpc) is 2.71. The van der Waals surface area contributed by atoms with Crippen molar-refractivity contribution in [1.82, 2.24) is 5.32 Å². The van der Waals surface area contributed by atoms with Crippen molar-refractivity contribution in [3.05, 3.63) is 65.7 Å². The number of carbonyl (C=O) groups is 3. The van der Waals surface area contributed by atoms with Gasteiger partial charge in [-0.2, -0.15) is 0 Å². The van der Waals surface area contributed by atoms with Crippen LogP contribution in [0.5, 0.6) is 5.75 Å². The van der Waals surface area contributed by atoms with Crippen molar-refractivity contribution >= 4 is 17.7 Å². The lowest BCUT2D eigenvalue weighted by atomic mass is 10.1. The van der Waals surface area contributed by atoms with E-state index in [1.165, 1.54) is 0 Å². The highest BCUT2D eigenvalue weighted by molar-refractivity contribution is 5.95. The van der Waals surface area contributed by atoms with Crippen LogP contribution in [-0.4, -0.2) is 30.9 Å². The Bertz CT molecular complexity index is 771. The largest absolute Gasteiger partial charge is 0.482 e. The van der Waals surface area contributed by atoms with Crippen molar-refractivity contribution in [2.75, 3.05) is 13.2 Å². The molecule has 2 aromatic rings. The molecular formula is C21H23NO5. The van der Waals surface area contributed by atoms with Crippen LogP contribution in [0.15, 0.2) is 54.6 Å². The molecule has 0 spiro atoms. The first-order chi connectivity index (χ1) is 13.0. The molecule has 0 bridgehead atoms. The minimum atomic E-state index is -0.647. The lowest BCUT2D eigenvalue weighted by Crippen LogP contribution is -2.31. The zero-order chi connectivity index (χ0) is 19.6. The van der Waals surface area contributed by atoms with Gasteiger partial charge in [0.15, 0.2) is 19.0 Å². The van der Waals surface area contributed by atoms with Crippen molar-refractivity contribution in [3.8, 4) is 5.75 Å². The minimum Gasteiger partial charge on any atom is -0.482 e. The second-order valence-corrected chi connectivity index (χ2v) is 5.95. The standard InChI is InChI=1S/C21H23NO5/c1-3-19(23)17-9-11-18(12-10-17)26-14-21(25)27-13-20(24)22-15(2)16-7-5-4-6-8-16/h4-12,15H,3,13-14H2,1-2H3,(H,22,24)/t15-/m0/s1. The maximum atomic E-state index is 11.9. The topological polar surface area (TPSA) is 81.7 Å². The first kappa shape index (κ1) is 20.2. The Morgan fingerprint density at radius 3 is 2.26 bits per heavy atom. The Kier molecular flexibility index (Phi) is 7.55. The number of ether oxygens (including phenoxy) is 2. The van der Waals surface area contributed by atoms with Crippen LogP contribution in [-0.2, 0) is 14.3 Å². The first-order valence-electron chi connectivity index (χ1n) is 8.75.